The summed E-state index contributed by atoms with van der Waals surface area (Å²) in [4.78, 5) is 68.2. The van der Waals surface area contributed by atoms with Crippen LogP contribution in [0, 0.1) is 0 Å². The van der Waals surface area contributed by atoms with E-state index in [0.29, 0.717) is 45.4 Å². The number of nitrogens with one attached hydrogen (secondary N) is 3. The van der Waals surface area contributed by atoms with Gasteiger partial charge in [-0.1, -0.05) is 14.4 Å². The first-order valence-electron chi connectivity index (χ1n) is 14.3. The van der Waals surface area contributed by atoms with Gasteiger partial charge in [-0.2, -0.15) is 0 Å². The van der Waals surface area contributed by atoms with Gasteiger partial charge >= 0.3 is 11.9 Å². The number of hydrogen-bond donors (Lipinski definition) is 5. The first-order chi connectivity index (χ1) is 20.1. The Morgan fingerprint density at radius 3 is 1.91 bits per heavy atom. The second kappa shape index (κ2) is 29.0. The maximum Gasteiger partial charge on any atom is 0.326 e. The molecule has 0 aromatic heterocycles. The predicted molar refractivity (Wildman–Crippen MR) is 155 cm³/mol. The van der Waals surface area contributed by atoms with Crippen molar-refractivity contribution in [3.8, 4) is 0 Å². The largest absolute Gasteiger partial charge is 0.481 e. The molecule has 0 bridgehead atoms. The summed E-state index contributed by atoms with van der Waals surface area (Å²) >= 11 is 0. The number of ether oxygens (including phenoxy) is 4. The highest BCUT2D eigenvalue weighted by Crippen LogP contribution is 2.02. The number of ketones is 1. The van der Waals surface area contributed by atoms with E-state index in [4.69, 9.17) is 24.1 Å². The van der Waals surface area contributed by atoms with E-state index in [-0.39, 0.29) is 103 Å². The zero-order valence-electron chi connectivity index (χ0n) is 24.5. The summed E-state index contributed by atoms with van der Waals surface area (Å²) < 4.78 is 21.1. The molecule has 0 fully saturated rings. The molecule has 0 aliphatic heterocycles. The smallest absolute Gasteiger partial charge is 0.326 e. The molecule has 0 rings (SSSR count). The Bertz CT molecular complexity index is 810. The number of carboxylic acids is 2. The van der Waals surface area contributed by atoms with Crippen molar-refractivity contribution in [2.75, 3.05) is 65.9 Å². The van der Waals surface area contributed by atoms with E-state index >= 15 is 0 Å². The fourth-order valence-electron chi connectivity index (χ4n) is 3.31. The van der Waals surface area contributed by atoms with Gasteiger partial charge in [-0.25, -0.2) is 4.79 Å². The molecule has 5 N–H and O–H groups in total. The van der Waals surface area contributed by atoms with Crippen molar-refractivity contribution in [3.05, 3.63) is 0 Å². The van der Waals surface area contributed by atoms with Crippen LogP contribution in [0.25, 0.3) is 0 Å². The summed E-state index contributed by atoms with van der Waals surface area (Å²) in [5, 5.41) is 25.6. The zero-order valence-corrected chi connectivity index (χ0v) is 24.5. The summed E-state index contributed by atoms with van der Waals surface area (Å²) in [5.41, 5.74) is 0. The monoisotopic (exact) mass is 621 g/mol. The van der Waals surface area contributed by atoms with E-state index in [0.717, 1.165) is 0 Å². The van der Waals surface area contributed by atoms with Crippen molar-refractivity contribution < 1.29 is 57.9 Å². The number of carboxylic acid groups (broad SMARTS) is 2. The molecule has 0 aromatic carbocycles. The van der Waals surface area contributed by atoms with Crippen LogP contribution < -0.4 is 16.0 Å². The SMILES string of the molecule is C.CCC(=O)NCCCCC(NC(=O)COCCOCCCC(=O)COCCOCCNC(=O)CCCC(=O)O)C(=O)O. The molecular weight excluding hydrogens is 570 g/mol. The van der Waals surface area contributed by atoms with Crippen LogP contribution in [0.1, 0.15) is 72.1 Å². The van der Waals surface area contributed by atoms with Crippen LogP contribution in [0.3, 0.4) is 0 Å². The van der Waals surface area contributed by atoms with E-state index in [1.165, 1.54) is 0 Å². The lowest BCUT2D eigenvalue weighted by Crippen LogP contribution is -2.42. The maximum absolute atomic E-state index is 11.9. The van der Waals surface area contributed by atoms with Crippen LogP contribution in [0.5, 0.6) is 0 Å². The summed E-state index contributed by atoms with van der Waals surface area (Å²) in [6.07, 6.45) is 2.93. The van der Waals surface area contributed by atoms with Gasteiger partial charge in [0.2, 0.25) is 17.7 Å². The fourth-order valence-corrected chi connectivity index (χ4v) is 3.31. The lowest BCUT2D eigenvalue weighted by molar-refractivity contribution is -0.143. The highest BCUT2D eigenvalue weighted by molar-refractivity contribution is 5.84. The van der Waals surface area contributed by atoms with Crippen molar-refractivity contribution in [2.24, 2.45) is 0 Å². The molecule has 0 aliphatic rings. The van der Waals surface area contributed by atoms with Gasteiger partial charge in [-0.15, -0.1) is 0 Å². The molecule has 0 aliphatic carbocycles. The zero-order chi connectivity index (χ0) is 31.4. The van der Waals surface area contributed by atoms with Gasteiger partial charge in [0.05, 0.1) is 33.0 Å². The highest BCUT2D eigenvalue weighted by Gasteiger charge is 2.19. The van der Waals surface area contributed by atoms with Gasteiger partial charge in [0.1, 0.15) is 19.3 Å². The second-order valence-electron chi connectivity index (χ2n) is 9.23. The van der Waals surface area contributed by atoms with E-state index in [2.05, 4.69) is 16.0 Å². The molecule has 250 valence electrons. The van der Waals surface area contributed by atoms with Crippen LogP contribution in [-0.2, 0) is 47.7 Å². The van der Waals surface area contributed by atoms with Gasteiger partial charge in [0.15, 0.2) is 5.78 Å². The molecule has 0 saturated heterocycles. The number of unbranched alkanes of at least 4 members (excludes halogenated alkanes) is 1. The molecule has 1 unspecified atom stereocenters. The van der Waals surface area contributed by atoms with Crippen LogP contribution >= 0.6 is 0 Å². The summed E-state index contributed by atoms with van der Waals surface area (Å²) in [6.45, 7) is 3.60. The van der Waals surface area contributed by atoms with Crippen molar-refractivity contribution >= 4 is 35.4 Å². The van der Waals surface area contributed by atoms with E-state index in [9.17, 15) is 33.9 Å². The number of carbonyl (C=O) groups is 6. The second-order valence-corrected chi connectivity index (χ2v) is 9.23. The van der Waals surface area contributed by atoms with Gasteiger partial charge in [-0.05, 0) is 32.1 Å². The van der Waals surface area contributed by atoms with E-state index < -0.39 is 23.9 Å². The fraction of sp³-hybridized carbons (Fsp3) is 0.786. The van der Waals surface area contributed by atoms with Crippen molar-refractivity contribution in [2.45, 2.75) is 78.2 Å². The lowest BCUT2D eigenvalue weighted by Gasteiger charge is -2.14. The molecule has 0 aromatic rings. The topological polar surface area (TPSA) is 216 Å². The molecule has 0 spiro atoms. The molecule has 43 heavy (non-hydrogen) atoms. The summed E-state index contributed by atoms with van der Waals surface area (Å²) in [6, 6.07) is -1.03. The van der Waals surface area contributed by atoms with Crippen LogP contribution in [0.15, 0.2) is 0 Å². The predicted octanol–water partition coefficient (Wildman–Crippen LogP) is 0.675. The highest BCUT2D eigenvalue weighted by atomic mass is 16.5. The Morgan fingerprint density at radius 1 is 0.628 bits per heavy atom. The number of Topliss-reactive ketones (excluding diaryl/α,β-unsaturated/α-hetero) is 1. The Kier molecular flexibility index (Phi) is 28.3. The summed E-state index contributed by atoms with van der Waals surface area (Å²) in [5.74, 6) is -3.00. The number of hydrogen-bond acceptors (Lipinski definition) is 10. The molecule has 15 nitrogen and oxygen atoms in total. The van der Waals surface area contributed by atoms with Crippen LogP contribution in [0.2, 0.25) is 0 Å². The Labute approximate surface area is 253 Å². The van der Waals surface area contributed by atoms with Crippen molar-refractivity contribution in [1.82, 2.24) is 16.0 Å². The minimum absolute atomic E-state index is 0. The van der Waals surface area contributed by atoms with Crippen molar-refractivity contribution in [1.29, 1.82) is 0 Å². The average molecular weight is 622 g/mol. The molecule has 0 radical (unpaired) electrons. The minimum atomic E-state index is -1.14. The first-order valence-corrected chi connectivity index (χ1v) is 14.3. The average Bonchev–Trinajstić information content (AvgIpc) is 2.94. The van der Waals surface area contributed by atoms with Crippen LogP contribution in [0.4, 0.5) is 0 Å². The number of carbonyl (C=O) groups excluding carboxylic acids is 4. The van der Waals surface area contributed by atoms with E-state index in [1.54, 1.807) is 6.92 Å². The Morgan fingerprint density at radius 2 is 1.26 bits per heavy atom. The third-order valence-electron chi connectivity index (χ3n) is 5.54. The molecule has 15 heteroatoms. The quantitative estimate of drug-likeness (QED) is 0.0729. The van der Waals surface area contributed by atoms with Crippen LogP contribution in [-0.4, -0.2) is 118 Å². The Hall–Kier alpha value is -3.14. The van der Waals surface area contributed by atoms with Gasteiger partial charge < -0.3 is 45.1 Å². The van der Waals surface area contributed by atoms with Crippen molar-refractivity contribution in [3.63, 3.8) is 0 Å². The van der Waals surface area contributed by atoms with Gasteiger partial charge in [0, 0.05) is 45.4 Å². The molecule has 0 heterocycles. The number of rotatable bonds is 29. The molecule has 3 amide bonds. The van der Waals surface area contributed by atoms with Gasteiger partial charge in [-0.3, -0.25) is 24.0 Å². The third-order valence-corrected chi connectivity index (χ3v) is 5.54. The lowest BCUT2D eigenvalue weighted by atomic mass is 10.1. The van der Waals surface area contributed by atoms with Gasteiger partial charge in [0.25, 0.3) is 0 Å². The minimum Gasteiger partial charge on any atom is -0.481 e. The third kappa shape index (κ3) is 28.7. The molecule has 1 atom stereocenters. The Balaban J connectivity index is 0. The number of amides is 3. The summed E-state index contributed by atoms with van der Waals surface area (Å²) in [7, 11) is 0. The molecule has 0 saturated carbocycles. The number of aliphatic carboxylic acids is 2. The molecular formula is C28H51N3O12. The first kappa shape index (κ1) is 42.0. The van der Waals surface area contributed by atoms with E-state index in [1.807, 2.05) is 0 Å². The maximum atomic E-state index is 11.9. The normalized spacial score (nSPS) is 11.2. The standard InChI is InChI=1S/C27H47N3O12.CH4/c1-2-23(32)28-11-4-3-8-22(27(37)38)30-25(34)20-42-18-15-39-13-6-7-21(31)19-41-17-16-40-14-12-29-24(33)9-5-10-26(35)36;/h22H,2-20H2,1H3,(H,28,32)(H,29,33)(H,30,34)(H,35,36)(H,37,38);1H4.